The van der Waals surface area contributed by atoms with Crippen molar-refractivity contribution < 1.29 is 14.3 Å². The van der Waals surface area contributed by atoms with E-state index in [2.05, 4.69) is 5.32 Å². The first-order chi connectivity index (χ1) is 10.5. The number of methoxy groups -OCH3 is 1. The average molecular weight is 327 g/mol. The standard InChI is InChI=1S/C16H23ClN2O3/c1-4-15(20)19(11-13-5-7-14(17)8-6-13)12(2)16(21)18-9-10-22-3/h5-8,12H,4,9-11H2,1-3H3,(H,18,21). The van der Waals surface area contributed by atoms with Gasteiger partial charge in [-0.05, 0) is 24.6 Å². The van der Waals surface area contributed by atoms with Crippen LogP contribution in [0.3, 0.4) is 0 Å². The van der Waals surface area contributed by atoms with Crippen molar-refractivity contribution in [1.29, 1.82) is 0 Å². The highest BCUT2D eigenvalue weighted by Crippen LogP contribution is 2.14. The lowest BCUT2D eigenvalue weighted by Gasteiger charge is -2.28. The van der Waals surface area contributed by atoms with E-state index in [1.54, 1.807) is 38.0 Å². The zero-order valence-electron chi connectivity index (χ0n) is 13.3. The summed E-state index contributed by atoms with van der Waals surface area (Å²) in [6.45, 7) is 4.76. The average Bonchev–Trinajstić information content (AvgIpc) is 2.53. The van der Waals surface area contributed by atoms with Gasteiger partial charge in [0.15, 0.2) is 0 Å². The molecule has 122 valence electrons. The molecule has 0 saturated heterocycles. The molecule has 0 bridgehead atoms. The fourth-order valence-electron chi connectivity index (χ4n) is 2.00. The third-order valence-electron chi connectivity index (χ3n) is 3.34. The SMILES string of the molecule is CCC(=O)N(Cc1ccc(Cl)cc1)C(C)C(=O)NCCOC. The van der Waals surface area contributed by atoms with E-state index in [9.17, 15) is 9.59 Å². The van der Waals surface area contributed by atoms with Crippen molar-refractivity contribution >= 4 is 23.4 Å². The van der Waals surface area contributed by atoms with Crippen molar-refractivity contribution in [3.8, 4) is 0 Å². The van der Waals surface area contributed by atoms with Crippen LogP contribution in [0.5, 0.6) is 0 Å². The van der Waals surface area contributed by atoms with Gasteiger partial charge in [0.1, 0.15) is 6.04 Å². The molecule has 0 aromatic heterocycles. The van der Waals surface area contributed by atoms with Gasteiger partial charge in [-0.1, -0.05) is 30.7 Å². The van der Waals surface area contributed by atoms with E-state index < -0.39 is 6.04 Å². The van der Waals surface area contributed by atoms with Gasteiger partial charge in [-0.25, -0.2) is 0 Å². The molecule has 1 atom stereocenters. The number of carbonyl (C=O) groups excluding carboxylic acids is 2. The summed E-state index contributed by atoms with van der Waals surface area (Å²) in [5, 5.41) is 3.40. The lowest BCUT2D eigenvalue weighted by atomic mass is 10.1. The Kier molecular flexibility index (Phi) is 7.91. The molecule has 0 aliphatic rings. The van der Waals surface area contributed by atoms with Crippen LogP contribution in [0.15, 0.2) is 24.3 Å². The van der Waals surface area contributed by atoms with Gasteiger partial charge in [-0.2, -0.15) is 0 Å². The van der Waals surface area contributed by atoms with Crippen molar-refractivity contribution in [2.75, 3.05) is 20.3 Å². The molecule has 0 radical (unpaired) electrons. The fourth-order valence-corrected chi connectivity index (χ4v) is 2.12. The zero-order valence-corrected chi connectivity index (χ0v) is 14.0. The molecule has 0 spiro atoms. The van der Waals surface area contributed by atoms with Gasteiger partial charge in [0.25, 0.3) is 0 Å². The molecule has 1 rings (SSSR count). The first kappa shape index (κ1) is 18.5. The summed E-state index contributed by atoms with van der Waals surface area (Å²) < 4.78 is 4.90. The monoisotopic (exact) mass is 326 g/mol. The number of carbonyl (C=O) groups is 2. The number of rotatable bonds is 8. The maximum atomic E-state index is 12.2. The second-order valence-electron chi connectivity index (χ2n) is 4.96. The van der Waals surface area contributed by atoms with Gasteiger partial charge in [-0.15, -0.1) is 0 Å². The van der Waals surface area contributed by atoms with Crippen LogP contribution in [0.1, 0.15) is 25.8 Å². The van der Waals surface area contributed by atoms with Crippen molar-refractivity contribution in [3.63, 3.8) is 0 Å². The summed E-state index contributed by atoms with van der Waals surface area (Å²) in [7, 11) is 1.57. The predicted octanol–water partition coefficient (Wildman–Crippen LogP) is 2.23. The molecule has 5 nitrogen and oxygen atoms in total. The van der Waals surface area contributed by atoms with Gasteiger partial charge in [0, 0.05) is 31.6 Å². The molecule has 1 N–H and O–H groups in total. The largest absolute Gasteiger partial charge is 0.383 e. The third kappa shape index (κ3) is 5.66. The Morgan fingerprint density at radius 2 is 1.95 bits per heavy atom. The first-order valence-corrected chi connectivity index (χ1v) is 7.68. The predicted molar refractivity (Wildman–Crippen MR) is 86.6 cm³/mol. The van der Waals surface area contributed by atoms with Crippen molar-refractivity contribution in [2.24, 2.45) is 0 Å². The minimum atomic E-state index is -0.542. The summed E-state index contributed by atoms with van der Waals surface area (Å²) in [5.74, 6) is -0.253. The van der Waals surface area contributed by atoms with Gasteiger partial charge >= 0.3 is 0 Å². The van der Waals surface area contributed by atoms with E-state index in [-0.39, 0.29) is 11.8 Å². The fraction of sp³-hybridized carbons (Fsp3) is 0.500. The molecule has 1 aromatic carbocycles. The summed E-state index contributed by atoms with van der Waals surface area (Å²) in [6, 6.07) is 6.71. The van der Waals surface area contributed by atoms with Crippen molar-refractivity contribution in [2.45, 2.75) is 32.9 Å². The Bertz CT molecular complexity index is 491. The van der Waals surface area contributed by atoms with Crippen LogP contribution in [0, 0.1) is 0 Å². The number of benzene rings is 1. The minimum absolute atomic E-state index is 0.0654. The molecular weight excluding hydrogens is 304 g/mol. The molecule has 2 amide bonds. The smallest absolute Gasteiger partial charge is 0.242 e. The Morgan fingerprint density at radius 1 is 1.32 bits per heavy atom. The van der Waals surface area contributed by atoms with Gasteiger partial charge in [0.2, 0.25) is 11.8 Å². The van der Waals surface area contributed by atoms with Crippen LogP contribution < -0.4 is 5.32 Å². The molecule has 1 unspecified atom stereocenters. The van der Waals surface area contributed by atoms with Crippen LogP contribution in [-0.4, -0.2) is 43.0 Å². The quantitative estimate of drug-likeness (QED) is 0.745. The Morgan fingerprint density at radius 3 is 2.50 bits per heavy atom. The molecule has 0 fully saturated rings. The van der Waals surface area contributed by atoms with E-state index >= 15 is 0 Å². The number of hydrogen-bond donors (Lipinski definition) is 1. The van der Waals surface area contributed by atoms with Gasteiger partial charge in [0.05, 0.1) is 6.61 Å². The molecule has 22 heavy (non-hydrogen) atoms. The maximum Gasteiger partial charge on any atom is 0.242 e. The van der Waals surface area contributed by atoms with Crippen LogP contribution in [0.25, 0.3) is 0 Å². The topological polar surface area (TPSA) is 58.6 Å². The summed E-state index contributed by atoms with van der Waals surface area (Å²) in [4.78, 5) is 25.9. The Hall–Kier alpha value is -1.59. The Labute approximate surface area is 136 Å². The van der Waals surface area contributed by atoms with Crippen LogP contribution in [0.4, 0.5) is 0 Å². The normalized spacial score (nSPS) is 11.8. The van der Waals surface area contributed by atoms with E-state index in [0.29, 0.717) is 31.1 Å². The first-order valence-electron chi connectivity index (χ1n) is 7.30. The lowest BCUT2D eigenvalue weighted by molar-refractivity contribution is -0.140. The van der Waals surface area contributed by atoms with Gasteiger partial charge in [-0.3, -0.25) is 9.59 Å². The molecule has 0 heterocycles. The third-order valence-corrected chi connectivity index (χ3v) is 3.59. The van der Waals surface area contributed by atoms with Crippen molar-refractivity contribution in [1.82, 2.24) is 10.2 Å². The number of nitrogens with one attached hydrogen (secondary N) is 1. The lowest BCUT2D eigenvalue weighted by Crippen LogP contribution is -2.48. The number of ether oxygens (including phenoxy) is 1. The molecular formula is C16H23ClN2O3. The molecule has 0 aliphatic carbocycles. The molecule has 6 heteroatoms. The molecule has 1 aromatic rings. The van der Waals surface area contributed by atoms with E-state index in [1.165, 1.54) is 0 Å². The molecule has 0 saturated carbocycles. The number of amides is 2. The summed E-state index contributed by atoms with van der Waals surface area (Å²) in [6.07, 6.45) is 0.350. The second kappa shape index (κ2) is 9.43. The highest BCUT2D eigenvalue weighted by molar-refractivity contribution is 6.30. The van der Waals surface area contributed by atoms with E-state index in [0.717, 1.165) is 5.56 Å². The molecule has 0 aliphatic heterocycles. The van der Waals surface area contributed by atoms with E-state index in [4.69, 9.17) is 16.3 Å². The maximum absolute atomic E-state index is 12.2. The van der Waals surface area contributed by atoms with Crippen LogP contribution >= 0.6 is 11.6 Å². The Balaban J connectivity index is 2.76. The second-order valence-corrected chi connectivity index (χ2v) is 5.40. The zero-order chi connectivity index (χ0) is 16.5. The summed E-state index contributed by atoms with van der Waals surface area (Å²) >= 11 is 5.87. The van der Waals surface area contributed by atoms with Crippen LogP contribution in [0.2, 0.25) is 5.02 Å². The summed E-state index contributed by atoms with van der Waals surface area (Å²) in [5.41, 5.74) is 0.933. The number of halogens is 1. The van der Waals surface area contributed by atoms with E-state index in [1.807, 2.05) is 12.1 Å². The highest BCUT2D eigenvalue weighted by Gasteiger charge is 2.24. The van der Waals surface area contributed by atoms with Crippen LogP contribution in [-0.2, 0) is 20.9 Å². The highest BCUT2D eigenvalue weighted by atomic mass is 35.5. The number of hydrogen-bond acceptors (Lipinski definition) is 3. The number of nitrogens with zero attached hydrogens (tertiary/aromatic N) is 1. The van der Waals surface area contributed by atoms with Crippen molar-refractivity contribution in [3.05, 3.63) is 34.9 Å². The minimum Gasteiger partial charge on any atom is -0.383 e. The van der Waals surface area contributed by atoms with Gasteiger partial charge < -0.3 is 15.0 Å².